The van der Waals surface area contributed by atoms with Crippen molar-refractivity contribution in [3.05, 3.63) is 144 Å². The Bertz CT molecular complexity index is 2510. The van der Waals surface area contributed by atoms with Gasteiger partial charge in [0.15, 0.2) is 0 Å². The van der Waals surface area contributed by atoms with Crippen LogP contribution < -0.4 is 0 Å². The highest BCUT2D eigenvalue weighted by Gasteiger charge is 2.44. The molecule has 0 saturated carbocycles. The van der Waals surface area contributed by atoms with E-state index in [9.17, 15) is 18.4 Å². The monoisotopic (exact) mass is 872 g/mol. The van der Waals surface area contributed by atoms with Crippen molar-refractivity contribution in [2.24, 2.45) is 14.1 Å². The second kappa shape index (κ2) is 18.3. The number of ether oxygens (including phenoxy) is 2. The minimum Gasteiger partial charge on any atom is -0.444 e. The maximum absolute atomic E-state index is 13.4. The third kappa shape index (κ3) is 10.2. The molecule has 2 aliphatic heterocycles. The Balaban J connectivity index is 0.000000191. The summed E-state index contributed by atoms with van der Waals surface area (Å²) in [5, 5.41) is 9.58. The second-order valence-electron chi connectivity index (χ2n) is 18.6. The van der Waals surface area contributed by atoms with Crippen LogP contribution >= 0.6 is 0 Å². The van der Waals surface area contributed by atoms with Crippen molar-refractivity contribution in [2.45, 2.75) is 89.3 Å². The molecule has 0 radical (unpaired) electrons. The normalized spacial score (nSPS) is 16.1. The van der Waals surface area contributed by atoms with Crippen LogP contribution in [0.25, 0.3) is 22.5 Å². The minimum atomic E-state index is -0.530. The zero-order chi connectivity index (χ0) is 45.9. The van der Waals surface area contributed by atoms with E-state index < -0.39 is 16.6 Å². The fraction of sp³-hybridized carbons (Fsp3) is 0.400. The fourth-order valence-electron chi connectivity index (χ4n) is 8.64. The van der Waals surface area contributed by atoms with E-state index in [0.717, 1.165) is 45.3 Å². The molecule has 0 aliphatic carbocycles. The van der Waals surface area contributed by atoms with Gasteiger partial charge in [0.2, 0.25) is 0 Å². The number of carbonyl (C=O) groups excluding carboxylic acids is 2. The van der Waals surface area contributed by atoms with Gasteiger partial charge in [-0.15, -0.1) is 0 Å². The number of aryl methyl sites for hydroxylation is 2. The molecule has 2 aliphatic rings. The van der Waals surface area contributed by atoms with Gasteiger partial charge >= 0.3 is 12.2 Å². The standard InChI is InChI=1S/2C25H29FN4O2/c1-24(2,3)32-23(31)30-15-12-25(13-16-30,21-7-5-6-14-27-21)22-17-20(29(4)28-22)18-8-10-19(26)11-9-18;1-24(2,3)32-23(31)30-15-12-25(13-16-30,21-7-5-6-14-27-21)22-17-20(28-29(22)4)18-8-10-19(26)11-9-18/h2*5-11,14,17H,12-13,15-16H2,1-4H3. The number of benzene rings is 2. The van der Waals surface area contributed by atoms with Gasteiger partial charge in [-0.2, -0.15) is 10.2 Å². The van der Waals surface area contributed by atoms with E-state index in [0.29, 0.717) is 51.9 Å². The zero-order valence-electron chi connectivity index (χ0n) is 38.0. The molecular weight excluding hydrogens is 815 g/mol. The Labute approximate surface area is 374 Å². The quantitative estimate of drug-likeness (QED) is 0.162. The predicted octanol–water partition coefficient (Wildman–Crippen LogP) is 9.88. The van der Waals surface area contributed by atoms with Crippen molar-refractivity contribution >= 4 is 12.2 Å². The number of likely N-dealkylation sites (tertiary alicyclic amines) is 2. The molecule has 0 unspecified atom stereocenters. The number of halogens is 2. The van der Waals surface area contributed by atoms with Crippen molar-refractivity contribution in [1.82, 2.24) is 39.3 Å². The molecule has 336 valence electrons. The number of nitrogens with zero attached hydrogens (tertiary/aromatic N) is 8. The van der Waals surface area contributed by atoms with Crippen LogP contribution in [0.2, 0.25) is 0 Å². The third-order valence-corrected chi connectivity index (χ3v) is 11.9. The molecule has 14 heteroatoms. The van der Waals surface area contributed by atoms with Gasteiger partial charge in [-0.05, 0) is 158 Å². The summed E-state index contributed by atoms with van der Waals surface area (Å²) in [5.41, 5.74) is 5.40. The Morgan fingerprint density at radius 2 is 1.02 bits per heavy atom. The summed E-state index contributed by atoms with van der Waals surface area (Å²) < 4.78 is 41.7. The largest absolute Gasteiger partial charge is 0.444 e. The lowest BCUT2D eigenvalue weighted by molar-refractivity contribution is 0.0166. The van der Waals surface area contributed by atoms with Crippen LogP contribution in [0.4, 0.5) is 18.4 Å². The highest BCUT2D eigenvalue weighted by Crippen LogP contribution is 2.43. The summed E-state index contributed by atoms with van der Waals surface area (Å²) in [4.78, 5) is 38.1. The summed E-state index contributed by atoms with van der Waals surface area (Å²) in [7, 11) is 3.82. The lowest BCUT2D eigenvalue weighted by Gasteiger charge is -2.41. The van der Waals surface area contributed by atoms with Gasteiger partial charge < -0.3 is 19.3 Å². The van der Waals surface area contributed by atoms with E-state index in [4.69, 9.17) is 19.7 Å². The molecule has 6 heterocycles. The number of aromatic nitrogens is 6. The SMILES string of the molecule is Cn1nc(-c2ccc(F)cc2)cc1C1(c2ccccn2)CCN(C(=O)OC(C)(C)C)CC1.Cn1nc(C2(c3ccccn3)CCN(C(=O)OC(C)(C)C)CC2)cc1-c1ccc(F)cc1. The van der Waals surface area contributed by atoms with Gasteiger partial charge in [0.1, 0.15) is 22.8 Å². The molecular formula is C50H58F2N8O4. The number of hydrogen-bond acceptors (Lipinski definition) is 8. The van der Waals surface area contributed by atoms with Gasteiger partial charge in [-0.3, -0.25) is 19.3 Å². The molecule has 2 amide bonds. The molecule has 0 spiro atoms. The van der Waals surface area contributed by atoms with Crippen molar-refractivity contribution in [3.63, 3.8) is 0 Å². The average Bonchev–Trinajstić information content (AvgIpc) is 3.86. The number of carbonyl (C=O) groups is 2. The number of hydrogen-bond donors (Lipinski definition) is 0. The summed E-state index contributed by atoms with van der Waals surface area (Å²) in [5.74, 6) is -0.542. The Hall–Kier alpha value is -6.44. The van der Waals surface area contributed by atoms with Crippen molar-refractivity contribution in [1.29, 1.82) is 0 Å². The molecule has 0 N–H and O–H groups in total. The van der Waals surface area contributed by atoms with Crippen molar-refractivity contribution in [2.75, 3.05) is 26.2 Å². The van der Waals surface area contributed by atoms with E-state index >= 15 is 0 Å². The second-order valence-corrected chi connectivity index (χ2v) is 18.6. The summed E-state index contributed by atoms with van der Waals surface area (Å²) in [6.45, 7) is 13.5. The Morgan fingerprint density at radius 3 is 1.47 bits per heavy atom. The Morgan fingerprint density at radius 1 is 0.562 bits per heavy atom. The molecule has 12 nitrogen and oxygen atoms in total. The first-order chi connectivity index (χ1) is 30.4. The van der Waals surface area contributed by atoms with Gasteiger partial charge in [0.05, 0.1) is 45.0 Å². The minimum absolute atomic E-state index is 0.268. The first-order valence-electron chi connectivity index (χ1n) is 21.8. The van der Waals surface area contributed by atoms with Gasteiger partial charge in [-0.25, -0.2) is 18.4 Å². The maximum Gasteiger partial charge on any atom is 0.410 e. The molecule has 8 rings (SSSR count). The zero-order valence-corrected chi connectivity index (χ0v) is 38.0. The van der Waals surface area contributed by atoms with E-state index in [1.165, 1.54) is 24.3 Å². The summed E-state index contributed by atoms with van der Waals surface area (Å²) >= 11 is 0. The topological polar surface area (TPSA) is 121 Å². The van der Waals surface area contributed by atoms with Crippen LogP contribution in [-0.4, -0.2) is 88.9 Å². The van der Waals surface area contributed by atoms with Crippen molar-refractivity contribution < 1.29 is 27.8 Å². The smallest absolute Gasteiger partial charge is 0.410 e. The van der Waals surface area contributed by atoms with E-state index in [-0.39, 0.29) is 29.2 Å². The summed E-state index contributed by atoms with van der Waals surface area (Å²) in [6, 6.07) is 28.7. The van der Waals surface area contributed by atoms with E-state index in [2.05, 4.69) is 22.1 Å². The molecule has 64 heavy (non-hydrogen) atoms. The first kappa shape index (κ1) is 45.6. The Kier molecular flexibility index (Phi) is 13.1. The van der Waals surface area contributed by atoms with Crippen LogP contribution in [0.3, 0.4) is 0 Å². The number of piperidine rings is 2. The lowest BCUT2D eigenvalue weighted by atomic mass is 9.72. The van der Waals surface area contributed by atoms with Crippen LogP contribution in [0.5, 0.6) is 0 Å². The number of amides is 2. The molecule has 2 fully saturated rings. The molecule has 2 saturated heterocycles. The van der Waals surface area contributed by atoms with Gasteiger partial charge in [0.25, 0.3) is 0 Å². The van der Waals surface area contributed by atoms with Crippen molar-refractivity contribution in [3.8, 4) is 22.5 Å². The van der Waals surface area contributed by atoms with Crippen LogP contribution in [0, 0.1) is 11.6 Å². The molecule has 4 aromatic heterocycles. The highest BCUT2D eigenvalue weighted by molar-refractivity contribution is 5.69. The predicted molar refractivity (Wildman–Crippen MR) is 241 cm³/mol. The molecule has 6 aromatic rings. The van der Waals surface area contributed by atoms with Gasteiger partial charge in [0, 0.05) is 58.2 Å². The number of rotatable bonds is 6. The van der Waals surface area contributed by atoms with Crippen LogP contribution in [0.15, 0.2) is 109 Å². The number of pyridine rings is 2. The average molecular weight is 873 g/mol. The molecule has 0 atom stereocenters. The van der Waals surface area contributed by atoms with E-state index in [1.54, 1.807) is 46.5 Å². The first-order valence-corrected chi connectivity index (χ1v) is 21.8. The van der Waals surface area contributed by atoms with Crippen LogP contribution in [0.1, 0.15) is 90.0 Å². The lowest BCUT2D eigenvalue weighted by Crippen LogP contribution is -2.48. The van der Waals surface area contributed by atoms with Crippen LogP contribution in [-0.2, 0) is 34.4 Å². The van der Waals surface area contributed by atoms with Gasteiger partial charge in [-0.1, -0.05) is 12.1 Å². The fourth-order valence-corrected chi connectivity index (χ4v) is 8.64. The molecule has 0 bridgehead atoms. The molecule has 2 aromatic carbocycles. The maximum atomic E-state index is 13.4. The van der Waals surface area contributed by atoms with E-state index in [1.807, 2.05) is 101 Å². The summed E-state index contributed by atoms with van der Waals surface area (Å²) in [6.07, 6.45) is 5.78. The highest BCUT2D eigenvalue weighted by atomic mass is 19.1. The third-order valence-electron chi connectivity index (χ3n) is 11.9.